The molecule has 1 aromatic carbocycles. The predicted octanol–water partition coefficient (Wildman–Crippen LogP) is 11.6. The summed E-state index contributed by atoms with van der Waals surface area (Å²) in [5.41, 5.74) is -1.28. The van der Waals surface area contributed by atoms with E-state index in [0.29, 0.717) is 5.56 Å². The first kappa shape index (κ1) is 51.9. The van der Waals surface area contributed by atoms with E-state index in [1.54, 1.807) is 19.9 Å². The Labute approximate surface area is 317 Å². The van der Waals surface area contributed by atoms with Crippen molar-refractivity contribution in [3.63, 3.8) is 0 Å². The van der Waals surface area contributed by atoms with Gasteiger partial charge < -0.3 is 19.0 Å². The van der Waals surface area contributed by atoms with Crippen LogP contribution in [0.3, 0.4) is 0 Å². The summed E-state index contributed by atoms with van der Waals surface area (Å²) < 4.78 is 250. The molecule has 330 valence electrons. The summed E-state index contributed by atoms with van der Waals surface area (Å²) >= 11 is 0. The molecule has 2 atom stereocenters. The number of esters is 1. The van der Waals surface area contributed by atoms with Gasteiger partial charge in [0.1, 0.15) is 12.4 Å². The van der Waals surface area contributed by atoms with E-state index >= 15 is 0 Å². The average molecular weight is 881 g/mol. The number of aliphatic hydroxyl groups is 1. The number of hydrogen-bond donors (Lipinski definition) is 1. The van der Waals surface area contributed by atoms with Gasteiger partial charge in [0, 0.05) is 18.4 Å². The highest BCUT2D eigenvalue weighted by atomic mass is 28.4. The van der Waals surface area contributed by atoms with Crippen molar-refractivity contribution >= 4 is 14.3 Å². The summed E-state index contributed by atoms with van der Waals surface area (Å²) in [5.74, 6) is -57.5. The van der Waals surface area contributed by atoms with Crippen molar-refractivity contribution in [3.8, 4) is 5.75 Å². The molecular weight excluding hydrogens is 839 g/mol. The molecule has 0 amide bonds. The molecule has 0 aliphatic heterocycles. The maximum atomic E-state index is 14.9. The molecule has 5 nitrogen and oxygen atoms in total. The third kappa shape index (κ3) is 10.4. The van der Waals surface area contributed by atoms with Crippen molar-refractivity contribution in [3.05, 3.63) is 54.1 Å². The van der Waals surface area contributed by atoms with Gasteiger partial charge in [-0.2, -0.15) is 74.6 Å². The lowest BCUT2D eigenvalue weighted by atomic mass is 9.88. The van der Waals surface area contributed by atoms with Crippen LogP contribution in [0.5, 0.6) is 5.75 Å². The van der Waals surface area contributed by atoms with Crippen LogP contribution >= 0.6 is 0 Å². The largest absolute Gasteiger partial charge is 0.491 e. The number of aliphatic hydroxyl groups excluding tert-OH is 1. The zero-order valence-electron chi connectivity index (χ0n) is 31.0. The highest BCUT2D eigenvalue weighted by molar-refractivity contribution is 6.76. The Kier molecular flexibility index (Phi) is 16.8. The molecule has 1 rings (SSSR count). The summed E-state index contributed by atoms with van der Waals surface area (Å²) in [7, 11) is -3.94. The molecule has 0 saturated heterocycles. The van der Waals surface area contributed by atoms with Gasteiger partial charge >= 0.3 is 53.6 Å². The number of ether oxygens (including phenoxy) is 2. The number of halogens is 17. The van der Waals surface area contributed by atoms with Crippen molar-refractivity contribution in [2.45, 2.75) is 119 Å². The monoisotopic (exact) mass is 880 g/mol. The Morgan fingerprint density at radius 2 is 1.14 bits per heavy atom. The number of carbonyl (C=O) groups is 1. The SMILES string of the molecule is CCOC(=O)/C=C/C=C/[C@H](C)[C@H](O)c1ccc(OCCO[Si](CCC(F)(F)C(F)(F)C(F)(F)C(F)(F)C(F)(F)C(F)(F)C(F)(F)C(F)(F)F)(C(C)C)C(C)C)cc1. The van der Waals surface area contributed by atoms with E-state index in [2.05, 4.69) is 0 Å². The predicted molar refractivity (Wildman–Crippen MR) is 173 cm³/mol. The van der Waals surface area contributed by atoms with Crippen molar-refractivity contribution < 1.29 is 98.4 Å². The molecule has 23 heteroatoms. The van der Waals surface area contributed by atoms with Crippen LogP contribution in [0.4, 0.5) is 74.6 Å². The fourth-order valence-electron chi connectivity index (χ4n) is 5.48. The minimum absolute atomic E-state index is 0.168. The Balaban J connectivity index is 3.17. The van der Waals surface area contributed by atoms with E-state index in [4.69, 9.17) is 13.9 Å². The summed E-state index contributed by atoms with van der Waals surface area (Å²) in [6.45, 7) is 7.93. The molecular formula is C34H41F17O5Si. The molecule has 57 heavy (non-hydrogen) atoms. The van der Waals surface area contributed by atoms with Gasteiger partial charge in [-0.25, -0.2) is 4.79 Å². The molecule has 0 spiro atoms. The molecule has 0 bridgehead atoms. The Hall–Kier alpha value is -3.08. The normalized spacial score (nSPS) is 15.9. The molecule has 0 fully saturated rings. The maximum absolute atomic E-state index is 14.9. The van der Waals surface area contributed by atoms with E-state index in [1.165, 1.54) is 70.2 Å². The minimum Gasteiger partial charge on any atom is -0.491 e. The fraction of sp³-hybridized carbons (Fsp3) is 0.676. The lowest BCUT2D eigenvalue weighted by molar-refractivity contribution is -0.461. The van der Waals surface area contributed by atoms with Gasteiger partial charge in [-0.1, -0.05) is 65.0 Å². The zero-order valence-corrected chi connectivity index (χ0v) is 32.0. The maximum Gasteiger partial charge on any atom is 0.460 e. The Morgan fingerprint density at radius 1 is 0.684 bits per heavy atom. The first-order valence-electron chi connectivity index (χ1n) is 16.8. The third-order valence-corrected chi connectivity index (χ3v) is 14.7. The van der Waals surface area contributed by atoms with E-state index in [9.17, 15) is 84.5 Å². The van der Waals surface area contributed by atoms with Crippen molar-refractivity contribution in [1.82, 2.24) is 0 Å². The summed E-state index contributed by atoms with van der Waals surface area (Å²) in [6, 6.07) is 4.47. The molecule has 1 aromatic rings. The van der Waals surface area contributed by atoms with Crippen LogP contribution in [-0.2, 0) is 14.0 Å². The molecule has 0 radical (unpaired) electrons. The van der Waals surface area contributed by atoms with Crippen LogP contribution in [0.1, 0.15) is 59.6 Å². The minimum atomic E-state index is -8.68. The van der Waals surface area contributed by atoms with Gasteiger partial charge in [0.15, 0.2) is 8.32 Å². The molecule has 1 N–H and O–H groups in total. The number of allylic oxidation sites excluding steroid dienone is 2. The smallest absolute Gasteiger partial charge is 0.460 e. The number of hydrogen-bond acceptors (Lipinski definition) is 5. The van der Waals surface area contributed by atoms with E-state index in [0.717, 1.165) is 0 Å². The van der Waals surface area contributed by atoms with Gasteiger partial charge in [-0.15, -0.1) is 0 Å². The van der Waals surface area contributed by atoms with E-state index in [-0.39, 0.29) is 19.0 Å². The molecule has 0 aromatic heterocycles. The first-order valence-corrected chi connectivity index (χ1v) is 19.1. The highest BCUT2D eigenvalue weighted by Crippen LogP contribution is 2.64. The number of alkyl halides is 17. The van der Waals surface area contributed by atoms with Gasteiger partial charge in [-0.3, -0.25) is 0 Å². The number of benzene rings is 1. The molecule has 0 aliphatic carbocycles. The standard InChI is InChI=1S/C34H41F17O5Si/c1-7-54-25(52)11-9-8-10-22(6)26(53)23-12-14-24(15-13-23)55-17-18-56-57(20(2)3,21(4)5)19-16-27(35,36)28(37,38)29(39,40)30(41,42)31(43,44)32(45,46)33(47,48)34(49,50)51/h8-15,20-22,26,53H,7,16-19H2,1-6H3/b10-8+,11-9+/t22-,26-/m0/s1. The molecule has 0 unspecified atom stereocenters. The lowest BCUT2D eigenvalue weighted by Crippen LogP contribution is -2.74. The average Bonchev–Trinajstić information content (AvgIpc) is 3.08. The van der Waals surface area contributed by atoms with Crippen LogP contribution in [0.25, 0.3) is 0 Å². The van der Waals surface area contributed by atoms with Crippen LogP contribution in [0, 0.1) is 5.92 Å². The zero-order chi connectivity index (χ0) is 44.9. The molecule has 0 aliphatic rings. The van der Waals surface area contributed by atoms with E-state index < -0.39 is 104 Å². The lowest BCUT2D eigenvalue weighted by Gasteiger charge is -2.44. The quantitative estimate of drug-likeness (QED) is 0.0314. The van der Waals surface area contributed by atoms with Gasteiger partial charge in [-0.05, 0) is 41.7 Å². The van der Waals surface area contributed by atoms with Crippen molar-refractivity contribution in [1.29, 1.82) is 0 Å². The van der Waals surface area contributed by atoms with Crippen molar-refractivity contribution in [2.24, 2.45) is 5.92 Å². The second-order valence-electron chi connectivity index (χ2n) is 13.5. The first-order chi connectivity index (χ1) is 25.6. The second kappa shape index (κ2) is 18.5. The van der Waals surface area contributed by atoms with Gasteiger partial charge in [0.05, 0.1) is 19.3 Å². The third-order valence-electron chi connectivity index (χ3n) is 9.06. The van der Waals surface area contributed by atoms with Crippen LogP contribution in [0.2, 0.25) is 17.1 Å². The van der Waals surface area contributed by atoms with Gasteiger partial charge in [0.25, 0.3) is 0 Å². The number of carbonyl (C=O) groups excluding carboxylic acids is 1. The Morgan fingerprint density at radius 3 is 1.58 bits per heavy atom. The summed E-state index contributed by atoms with van der Waals surface area (Å²) in [5, 5.41) is 10.6. The fourth-order valence-corrected chi connectivity index (χ4v) is 9.95. The van der Waals surface area contributed by atoms with Crippen LogP contribution in [0.15, 0.2) is 48.6 Å². The van der Waals surface area contributed by atoms with Crippen LogP contribution < -0.4 is 4.74 Å². The Bertz CT molecular complexity index is 1500. The summed E-state index contributed by atoms with van der Waals surface area (Å²) in [6.07, 6.45) is -5.68. The van der Waals surface area contributed by atoms with Crippen molar-refractivity contribution in [2.75, 3.05) is 19.8 Å². The molecule has 0 heterocycles. The van der Waals surface area contributed by atoms with Crippen LogP contribution in [-0.4, -0.2) is 86.8 Å². The number of rotatable bonds is 22. The van der Waals surface area contributed by atoms with Gasteiger partial charge in [0.2, 0.25) is 0 Å². The summed E-state index contributed by atoms with van der Waals surface area (Å²) in [4.78, 5) is 11.3. The van der Waals surface area contributed by atoms with E-state index in [1.807, 2.05) is 0 Å². The molecule has 0 saturated carbocycles. The highest BCUT2D eigenvalue weighted by Gasteiger charge is 2.95. The topological polar surface area (TPSA) is 65.0 Å². The second-order valence-corrected chi connectivity index (χ2v) is 18.5.